The van der Waals surface area contributed by atoms with E-state index in [0.29, 0.717) is 15.6 Å². The first kappa shape index (κ1) is 17.7. The molecule has 0 aliphatic rings. The summed E-state index contributed by atoms with van der Waals surface area (Å²) in [4.78, 5) is 28.6. The molecule has 0 radical (unpaired) electrons. The summed E-state index contributed by atoms with van der Waals surface area (Å²) in [7, 11) is 0. The molecule has 1 unspecified atom stereocenters. The van der Waals surface area contributed by atoms with Gasteiger partial charge in [-0.15, -0.1) is 11.3 Å². The molecule has 26 heavy (non-hydrogen) atoms. The lowest BCUT2D eigenvalue weighted by Crippen LogP contribution is -2.56. The van der Waals surface area contributed by atoms with Crippen LogP contribution in [-0.2, 0) is 4.79 Å². The number of carboxylic acids is 1. The van der Waals surface area contributed by atoms with E-state index in [9.17, 15) is 14.7 Å². The van der Waals surface area contributed by atoms with Gasteiger partial charge in [-0.2, -0.15) is 0 Å². The van der Waals surface area contributed by atoms with Crippen LogP contribution in [0.5, 0.6) is 5.75 Å². The normalized spacial score (nSPS) is 13.0. The fourth-order valence-corrected chi connectivity index (χ4v) is 2.90. The molecule has 1 aromatic carbocycles. The summed E-state index contributed by atoms with van der Waals surface area (Å²) in [5.74, 6) is -1.20. The first-order valence-corrected chi connectivity index (χ1v) is 8.52. The smallest absolute Gasteiger partial charge is 0.332 e. The van der Waals surface area contributed by atoms with Crippen molar-refractivity contribution in [1.82, 2.24) is 10.3 Å². The Labute approximate surface area is 153 Å². The van der Waals surface area contributed by atoms with Gasteiger partial charge in [0.25, 0.3) is 5.91 Å². The first-order chi connectivity index (χ1) is 12.5. The Bertz CT molecular complexity index is 891. The van der Waals surface area contributed by atoms with E-state index in [-0.39, 0.29) is 6.61 Å². The number of carbonyl (C=O) groups excluding carboxylic acids is 1. The molecule has 2 heterocycles. The lowest BCUT2D eigenvalue weighted by molar-refractivity contribution is -0.145. The molecular formula is C18H16N2O5S. The van der Waals surface area contributed by atoms with Crippen LogP contribution >= 0.6 is 11.3 Å². The van der Waals surface area contributed by atoms with E-state index in [1.54, 1.807) is 30.3 Å². The monoisotopic (exact) mass is 372 g/mol. The quantitative estimate of drug-likeness (QED) is 0.661. The van der Waals surface area contributed by atoms with Gasteiger partial charge in [0.05, 0.1) is 12.5 Å². The number of benzene rings is 1. The number of para-hydroxylation sites is 1. The highest BCUT2D eigenvalue weighted by molar-refractivity contribution is 7.16. The number of amides is 1. The molecule has 2 aromatic heterocycles. The maximum atomic E-state index is 12.5. The van der Waals surface area contributed by atoms with Crippen molar-refractivity contribution in [3.63, 3.8) is 0 Å². The van der Waals surface area contributed by atoms with Crippen LogP contribution in [0.1, 0.15) is 16.6 Å². The van der Waals surface area contributed by atoms with E-state index < -0.39 is 17.4 Å². The van der Waals surface area contributed by atoms with Crippen molar-refractivity contribution in [2.45, 2.75) is 12.5 Å². The molecule has 0 bridgehead atoms. The zero-order valence-electron chi connectivity index (χ0n) is 13.8. The van der Waals surface area contributed by atoms with Crippen LogP contribution in [0, 0.1) is 0 Å². The minimum Gasteiger partial charge on any atom is -0.491 e. The first-order valence-electron chi connectivity index (χ1n) is 7.70. The Morgan fingerprint density at radius 3 is 2.73 bits per heavy atom. The average Bonchev–Trinajstić information content (AvgIpc) is 3.32. The summed E-state index contributed by atoms with van der Waals surface area (Å²) in [6.45, 7) is 1.18. The fourth-order valence-electron chi connectivity index (χ4n) is 2.11. The van der Waals surface area contributed by atoms with Crippen molar-refractivity contribution >= 4 is 23.2 Å². The van der Waals surface area contributed by atoms with Crippen molar-refractivity contribution in [1.29, 1.82) is 0 Å². The van der Waals surface area contributed by atoms with Crippen LogP contribution in [0.3, 0.4) is 0 Å². The van der Waals surface area contributed by atoms with Gasteiger partial charge in [0, 0.05) is 5.56 Å². The summed E-state index contributed by atoms with van der Waals surface area (Å²) < 4.78 is 10.5. The SMILES string of the molecule is CC(COc1ccccc1)(NC(=O)c1cnc(-c2ccoc2)s1)C(=O)O. The number of ether oxygens (including phenoxy) is 1. The Morgan fingerprint density at radius 1 is 1.31 bits per heavy atom. The number of rotatable bonds is 7. The number of aromatic nitrogens is 1. The van der Waals surface area contributed by atoms with Crippen LogP contribution in [0.2, 0.25) is 0 Å². The molecule has 0 fully saturated rings. The standard InChI is InChI=1S/C18H16N2O5S/c1-18(17(22)23,11-25-13-5-3-2-4-6-13)20-15(21)14-9-19-16(26-14)12-7-8-24-10-12/h2-10H,11H2,1H3,(H,20,21)(H,22,23). The van der Waals surface area contributed by atoms with Gasteiger partial charge in [0.2, 0.25) is 0 Å². The van der Waals surface area contributed by atoms with Gasteiger partial charge in [0.1, 0.15) is 28.5 Å². The maximum absolute atomic E-state index is 12.5. The molecule has 8 heteroatoms. The van der Waals surface area contributed by atoms with Gasteiger partial charge in [0.15, 0.2) is 5.54 Å². The van der Waals surface area contributed by atoms with Crippen LogP contribution in [0.15, 0.2) is 59.5 Å². The average molecular weight is 372 g/mol. The molecule has 1 atom stereocenters. The zero-order valence-corrected chi connectivity index (χ0v) is 14.7. The van der Waals surface area contributed by atoms with Gasteiger partial charge in [-0.3, -0.25) is 4.79 Å². The van der Waals surface area contributed by atoms with E-state index in [4.69, 9.17) is 9.15 Å². The highest BCUT2D eigenvalue weighted by atomic mass is 32.1. The van der Waals surface area contributed by atoms with Crippen molar-refractivity contribution < 1.29 is 23.8 Å². The predicted molar refractivity (Wildman–Crippen MR) is 95.3 cm³/mol. The summed E-state index contributed by atoms with van der Waals surface area (Å²) in [6.07, 6.45) is 4.44. The number of aliphatic carboxylic acids is 1. The highest BCUT2D eigenvalue weighted by Gasteiger charge is 2.36. The van der Waals surface area contributed by atoms with Gasteiger partial charge in [-0.1, -0.05) is 18.2 Å². The number of thiazole rings is 1. The number of nitrogens with one attached hydrogen (secondary N) is 1. The number of hydrogen-bond acceptors (Lipinski definition) is 6. The third-order valence-electron chi connectivity index (χ3n) is 3.63. The van der Waals surface area contributed by atoms with E-state index in [1.165, 1.54) is 25.6 Å². The third-order valence-corrected chi connectivity index (χ3v) is 4.67. The maximum Gasteiger partial charge on any atom is 0.332 e. The summed E-state index contributed by atoms with van der Waals surface area (Å²) in [5.41, 5.74) is -0.838. The number of carbonyl (C=O) groups is 2. The van der Waals surface area contributed by atoms with Gasteiger partial charge >= 0.3 is 5.97 Å². The number of furan rings is 1. The second-order valence-corrected chi connectivity index (χ2v) is 6.77. The van der Waals surface area contributed by atoms with Gasteiger partial charge in [-0.05, 0) is 25.1 Å². The number of nitrogens with zero attached hydrogens (tertiary/aromatic N) is 1. The van der Waals surface area contributed by atoms with Crippen LogP contribution in [0.4, 0.5) is 0 Å². The summed E-state index contributed by atoms with van der Waals surface area (Å²) in [5, 5.41) is 12.7. The minimum atomic E-state index is -1.59. The highest BCUT2D eigenvalue weighted by Crippen LogP contribution is 2.25. The van der Waals surface area contributed by atoms with Gasteiger partial charge in [-0.25, -0.2) is 9.78 Å². The van der Waals surface area contributed by atoms with E-state index in [1.807, 2.05) is 6.07 Å². The van der Waals surface area contributed by atoms with Crippen molar-refractivity contribution in [2.75, 3.05) is 6.61 Å². The predicted octanol–water partition coefficient (Wildman–Crippen LogP) is 3.06. The lowest BCUT2D eigenvalue weighted by Gasteiger charge is -2.25. The van der Waals surface area contributed by atoms with E-state index in [0.717, 1.165) is 16.9 Å². The van der Waals surface area contributed by atoms with Gasteiger partial charge < -0.3 is 19.6 Å². The second-order valence-electron chi connectivity index (χ2n) is 5.73. The van der Waals surface area contributed by atoms with Crippen molar-refractivity contribution in [3.05, 3.63) is 60.0 Å². The Kier molecular flexibility index (Phi) is 5.04. The molecule has 134 valence electrons. The second kappa shape index (κ2) is 7.40. The molecule has 0 aliphatic heterocycles. The third kappa shape index (κ3) is 3.92. The molecule has 0 spiro atoms. The van der Waals surface area contributed by atoms with E-state index in [2.05, 4.69) is 10.3 Å². The molecule has 3 aromatic rings. The molecule has 0 saturated heterocycles. The molecule has 1 amide bonds. The number of hydrogen-bond donors (Lipinski definition) is 2. The Balaban J connectivity index is 1.71. The molecule has 3 rings (SSSR count). The Hall–Kier alpha value is -3.13. The molecule has 7 nitrogen and oxygen atoms in total. The topological polar surface area (TPSA) is 102 Å². The fraction of sp³-hybridized carbons (Fsp3) is 0.167. The van der Waals surface area contributed by atoms with Crippen LogP contribution < -0.4 is 10.1 Å². The van der Waals surface area contributed by atoms with Crippen LogP contribution in [-0.4, -0.2) is 34.1 Å². The minimum absolute atomic E-state index is 0.217. The Morgan fingerprint density at radius 2 is 2.08 bits per heavy atom. The summed E-state index contributed by atoms with van der Waals surface area (Å²) in [6, 6.07) is 10.5. The molecule has 2 N–H and O–H groups in total. The van der Waals surface area contributed by atoms with Crippen molar-refractivity contribution in [3.8, 4) is 16.3 Å². The van der Waals surface area contributed by atoms with Crippen molar-refractivity contribution in [2.24, 2.45) is 0 Å². The van der Waals surface area contributed by atoms with E-state index >= 15 is 0 Å². The molecule has 0 aliphatic carbocycles. The molecular weight excluding hydrogens is 356 g/mol. The largest absolute Gasteiger partial charge is 0.491 e. The zero-order chi connectivity index (χ0) is 18.6. The lowest BCUT2D eigenvalue weighted by atomic mass is 10.0. The molecule has 0 saturated carbocycles. The van der Waals surface area contributed by atoms with Crippen LogP contribution in [0.25, 0.3) is 10.6 Å². The number of carboxylic acid groups (broad SMARTS) is 1. The summed E-state index contributed by atoms with van der Waals surface area (Å²) >= 11 is 1.15.